The SMILES string of the molecule is CC(C)[C@@H](CC(=O)NC1CCCC1CC(=O)O)NC(=O)OCC1c2ccccc2-c2ccccc21. The number of nitrogens with one attached hydrogen (secondary N) is 2. The van der Waals surface area contributed by atoms with Crippen molar-refractivity contribution in [3.8, 4) is 11.1 Å². The Morgan fingerprint density at radius 3 is 2.23 bits per heavy atom. The lowest BCUT2D eigenvalue weighted by molar-refractivity contribution is -0.138. The van der Waals surface area contributed by atoms with Crippen LogP contribution in [0.25, 0.3) is 11.1 Å². The topological polar surface area (TPSA) is 105 Å². The van der Waals surface area contributed by atoms with Crippen LogP contribution in [0.5, 0.6) is 0 Å². The van der Waals surface area contributed by atoms with Crippen LogP contribution in [0.4, 0.5) is 4.79 Å². The highest BCUT2D eigenvalue weighted by Gasteiger charge is 2.32. The Morgan fingerprint density at radius 1 is 1.00 bits per heavy atom. The number of ether oxygens (including phenoxy) is 1. The molecule has 2 aliphatic carbocycles. The maximum Gasteiger partial charge on any atom is 0.407 e. The van der Waals surface area contributed by atoms with E-state index < -0.39 is 12.1 Å². The molecule has 4 rings (SSSR count). The highest BCUT2D eigenvalue weighted by atomic mass is 16.5. The minimum atomic E-state index is -0.840. The molecule has 0 saturated heterocycles. The largest absolute Gasteiger partial charge is 0.481 e. The molecular formula is C28H34N2O5. The molecule has 0 heterocycles. The summed E-state index contributed by atoms with van der Waals surface area (Å²) in [6, 6.07) is 15.8. The molecule has 0 spiro atoms. The lowest BCUT2D eigenvalue weighted by atomic mass is 9.97. The number of hydrogen-bond donors (Lipinski definition) is 3. The van der Waals surface area contributed by atoms with Crippen molar-refractivity contribution in [3.05, 3.63) is 59.7 Å². The Hall–Kier alpha value is -3.35. The van der Waals surface area contributed by atoms with Crippen molar-refractivity contribution in [3.63, 3.8) is 0 Å². The number of alkyl carbamates (subject to hydrolysis) is 1. The lowest BCUT2D eigenvalue weighted by Crippen LogP contribution is -2.45. The van der Waals surface area contributed by atoms with Crippen molar-refractivity contribution in [2.45, 2.75) is 64.0 Å². The summed E-state index contributed by atoms with van der Waals surface area (Å²) >= 11 is 0. The zero-order chi connectivity index (χ0) is 24.9. The summed E-state index contributed by atoms with van der Waals surface area (Å²) in [5, 5.41) is 15.0. The third kappa shape index (κ3) is 5.84. The number of amides is 2. The van der Waals surface area contributed by atoms with E-state index in [4.69, 9.17) is 9.84 Å². The van der Waals surface area contributed by atoms with Gasteiger partial charge < -0.3 is 20.5 Å². The molecule has 1 saturated carbocycles. The van der Waals surface area contributed by atoms with Gasteiger partial charge in [-0.15, -0.1) is 0 Å². The summed E-state index contributed by atoms with van der Waals surface area (Å²) in [4.78, 5) is 36.5. The Kier molecular flexibility index (Phi) is 7.73. The monoisotopic (exact) mass is 478 g/mol. The molecule has 7 nitrogen and oxygen atoms in total. The van der Waals surface area contributed by atoms with Crippen LogP contribution in [-0.4, -0.2) is 41.8 Å². The fraction of sp³-hybridized carbons (Fsp3) is 0.464. The van der Waals surface area contributed by atoms with Gasteiger partial charge in [-0.05, 0) is 46.9 Å². The number of carboxylic acid groups (broad SMARTS) is 1. The molecule has 3 atom stereocenters. The zero-order valence-corrected chi connectivity index (χ0v) is 20.3. The van der Waals surface area contributed by atoms with Gasteiger partial charge in [-0.3, -0.25) is 9.59 Å². The average molecular weight is 479 g/mol. The Morgan fingerprint density at radius 2 is 1.63 bits per heavy atom. The fourth-order valence-corrected chi connectivity index (χ4v) is 5.41. The summed E-state index contributed by atoms with van der Waals surface area (Å²) < 4.78 is 5.65. The maximum absolute atomic E-state index is 12.7. The molecule has 2 amide bonds. The molecule has 2 aromatic rings. The summed E-state index contributed by atoms with van der Waals surface area (Å²) in [5.41, 5.74) is 4.63. The number of hydrogen-bond acceptors (Lipinski definition) is 4. The van der Waals surface area contributed by atoms with Crippen LogP contribution < -0.4 is 10.6 Å². The first-order chi connectivity index (χ1) is 16.8. The molecule has 7 heteroatoms. The van der Waals surface area contributed by atoms with Gasteiger partial charge in [-0.1, -0.05) is 68.8 Å². The average Bonchev–Trinajstić information content (AvgIpc) is 3.38. The van der Waals surface area contributed by atoms with E-state index in [-0.39, 0.29) is 55.2 Å². The lowest BCUT2D eigenvalue weighted by Gasteiger charge is -2.25. The normalized spacial score (nSPS) is 19.6. The van der Waals surface area contributed by atoms with Gasteiger partial charge in [-0.25, -0.2) is 4.79 Å². The molecule has 0 aromatic heterocycles. The second-order valence-corrected chi connectivity index (χ2v) is 9.99. The van der Waals surface area contributed by atoms with Gasteiger partial charge in [0.25, 0.3) is 0 Å². The van der Waals surface area contributed by atoms with Crippen LogP contribution in [0.3, 0.4) is 0 Å². The number of rotatable bonds is 9. The molecular weight excluding hydrogens is 444 g/mol. The van der Waals surface area contributed by atoms with Crippen LogP contribution >= 0.6 is 0 Å². The van der Waals surface area contributed by atoms with E-state index in [1.165, 1.54) is 11.1 Å². The molecule has 1 fully saturated rings. The minimum Gasteiger partial charge on any atom is -0.481 e. The van der Waals surface area contributed by atoms with Gasteiger partial charge in [0.15, 0.2) is 0 Å². The van der Waals surface area contributed by atoms with Gasteiger partial charge in [0, 0.05) is 24.4 Å². The first-order valence-corrected chi connectivity index (χ1v) is 12.5. The van der Waals surface area contributed by atoms with Crippen molar-refractivity contribution in [1.82, 2.24) is 10.6 Å². The van der Waals surface area contributed by atoms with E-state index in [1.807, 2.05) is 38.1 Å². The van der Waals surface area contributed by atoms with E-state index in [0.29, 0.717) is 0 Å². The number of aliphatic carboxylic acids is 1. The van der Waals surface area contributed by atoms with E-state index in [2.05, 4.69) is 34.9 Å². The van der Waals surface area contributed by atoms with Gasteiger partial charge in [0.1, 0.15) is 6.61 Å². The Labute approximate surface area is 206 Å². The molecule has 2 unspecified atom stereocenters. The number of carboxylic acids is 1. The number of benzene rings is 2. The van der Waals surface area contributed by atoms with Gasteiger partial charge >= 0.3 is 12.1 Å². The smallest absolute Gasteiger partial charge is 0.407 e. The Bertz CT molecular complexity index is 1040. The fourth-order valence-electron chi connectivity index (χ4n) is 5.41. The summed E-state index contributed by atoms with van der Waals surface area (Å²) in [5.74, 6) is -1.05. The molecule has 0 bridgehead atoms. The number of carbonyl (C=O) groups excluding carboxylic acids is 2. The Balaban J connectivity index is 1.32. The van der Waals surface area contributed by atoms with Crippen LogP contribution in [-0.2, 0) is 14.3 Å². The first-order valence-electron chi connectivity index (χ1n) is 12.5. The standard InChI is InChI=1S/C28H34N2O5/c1-17(2)25(15-26(31)29-24-13-7-8-18(24)14-27(32)33)30-28(34)35-16-23-21-11-5-3-9-19(21)20-10-4-6-12-22(20)23/h3-6,9-12,17-18,23-25H,7-8,13-16H2,1-2H3,(H,29,31)(H,30,34)(H,32,33)/t18?,24?,25-/m1/s1. The van der Waals surface area contributed by atoms with E-state index in [1.54, 1.807) is 0 Å². The molecule has 35 heavy (non-hydrogen) atoms. The number of fused-ring (bicyclic) bond motifs is 3. The predicted molar refractivity (Wildman–Crippen MR) is 133 cm³/mol. The summed E-state index contributed by atoms with van der Waals surface area (Å²) in [6.07, 6.45) is 2.16. The first kappa shape index (κ1) is 24.8. The molecule has 0 radical (unpaired) electrons. The van der Waals surface area contributed by atoms with Crippen LogP contribution in [0.15, 0.2) is 48.5 Å². The molecule has 186 valence electrons. The van der Waals surface area contributed by atoms with E-state index in [9.17, 15) is 14.4 Å². The quantitative estimate of drug-likeness (QED) is 0.485. The molecule has 2 aromatic carbocycles. The highest BCUT2D eigenvalue weighted by molar-refractivity contribution is 5.80. The van der Waals surface area contributed by atoms with Crippen molar-refractivity contribution in [2.75, 3.05) is 6.61 Å². The highest BCUT2D eigenvalue weighted by Crippen LogP contribution is 2.44. The van der Waals surface area contributed by atoms with Crippen LogP contribution in [0, 0.1) is 11.8 Å². The van der Waals surface area contributed by atoms with Crippen LogP contribution in [0.2, 0.25) is 0 Å². The van der Waals surface area contributed by atoms with Crippen molar-refractivity contribution in [1.29, 1.82) is 0 Å². The van der Waals surface area contributed by atoms with Gasteiger partial charge in [0.2, 0.25) is 5.91 Å². The second-order valence-electron chi connectivity index (χ2n) is 9.99. The van der Waals surface area contributed by atoms with Crippen molar-refractivity contribution >= 4 is 18.0 Å². The van der Waals surface area contributed by atoms with E-state index in [0.717, 1.165) is 30.4 Å². The second kappa shape index (κ2) is 10.9. The zero-order valence-electron chi connectivity index (χ0n) is 20.3. The van der Waals surface area contributed by atoms with Gasteiger partial charge in [-0.2, -0.15) is 0 Å². The molecule has 2 aliphatic rings. The maximum atomic E-state index is 12.7. The van der Waals surface area contributed by atoms with E-state index >= 15 is 0 Å². The van der Waals surface area contributed by atoms with Crippen LogP contribution in [0.1, 0.15) is 63.0 Å². The van der Waals surface area contributed by atoms with Gasteiger partial charge in [0.05, 0.1) is 6.42 Å². The summed E-state index contributed by atoms with van der Waals surface area (Å²) in [6.45, 7) is 4.12. The van der Waals surface area contributed by atoms with Crippen molar-refractivity contribution < 1.29 is 24.2 Å². The summed E-state index contributed by atoms with van der Waals surface area (Å²) in [7, 11) is 0. The minimum absolute atomic E-state index is 0.0255. The third-order valence-electron chi connectivity index (χ3n) is 7.30. The molecule has 0 aliphatic heterocycles. The third-order valence-corrected chi connectivity index (χ3v) is 7.30. The van der Waals surface area contributed by atoms with Crippen molar-refractivity contribution in [2.24, 2.45) is 11.8 Å². The number of carbonyl (C=O) groups is 3. The molecule has 3 N–H and O–H groups in total. The predicted octanol–water partition coefficient (Wildman–Crippen LogP) is 4.70.